The van der Waals surface area contributed by atoms with E-state index in [1.54, 1.807) is 0 Å². The van der Waals surface area contributed by atoms with Crippen LogP contribution in [0.5, 0.6) is 0 Å². The number of halogens is 1. The largest absolute Gasteiger partial charge is 0.380 e. The first-order chi connectivity index (χ1) is 9.04. The van der Waals surface area contributed by atoms with Crippen molar-refractivity contribution in [3.05, 3.63) is 29.6 Å². The van der Waals surface area contributed by atoms with Crippen molar-refractivity contribution in [3.63, 3.8) is 0 Å². The van der Waals surface area contributed by atoms with Crippen LogP contribution < -0.4 is 0 Å². The highest BCUT2D eigenvalue weighted by molar-refractivity contribution is 6.20. The number of aryl methyl sites for hydroxylation is 1. The number of hydrogen-bond donors (Lipinski definition) is 0. The summed E-state index contributed by atoms with van der Waals surface area (Å²) in [6, 6.07) is 6.55. The Labute approximate surface area is 119 Å². The Morgan fingerprint density at radius 1 is 1.37 bits per heavy atom. The molecule has 0 radical (unpaired) electrons. The molecule has 2 aromatic rings. The standard InChI is InChI=1S/C15H21ClN2O/c1-5-19-9-11(3)18-14-7-6-10(2)8-13(14)17-15(18)12(4)16/h6-8,11-12H,5,9H2,1-4H3. The summed E-state index contributed by atoms with van der Waals surface area (Å²) in [5, 5.41) is -0.114. The summed E-state index contributed by atoms with van der Waals surface area (Å²) in [6.07, 6.45) is 0. The van der Waals surface area contributed by atoms with Crippen LogP contribution in [-0.4, -0.2) is 22.8 Å². The normalized spacial score (nSPS) is 14.8. The molecule has 0 aliphatic carbocycles. The number of hydrogen-bond acceptors (Lipinski definition) is 2. The lowest BCUT2D eigenvalue weighted by Crippen LogP contribution is -2.15. The molecule has 1 heterocycles. The van der Waals surface area contributed by atoms with E-state index in [0.717, 1.165) is 23.5 Å². The van der Waals surface area contributed by atoms with Crippen LogP contribution in [0.2, 0.25) is 0 Å². The van der Waals surface area contributed by atoms with E-state index < -0.39 is 0 Å². The van der Waals surface area contributed by atoms with Crippen LogP contribution in [0.4, 0.5) is 0 Å². The molecule has 0 saturated carbocycles. The Bertz CT molecular complexity index is 563. The minimum atomic E-state index is -0.114. The van der Waals surface area contributed by atoms with Crippen LogP contribution in [-0.2, 0) is 4.74 Å². The fourth-order valence-corrected chi connectivity index (χ4v) is 2.49. The molecule has 2 unspecified atom stereocenters. The second-order valence-corrected chi connectivity index (χ2v) is 5.61. The Hall–Kier alpha value is -1.06. The summed E-state index contributed by atoms with van der Waals surface area (Å²) in [6.45, 7) is 9.58. The van der Waals surface area contributed by atoms with Crippen molar-refractivity contribution in [2.45, 2.75) is 39.1 Å². The summed E-state index contributed by atoms with van der Waals surface area (Å²) in [7, 11) is 0. The molecule has 3 nitrogen and oxygen atoms in total. The van der Waals surface area contributed by atoms with Crippen molar-refractivity contribution >= 4 is 22.6 Å². The van der Waals surface area contributed by atoms with Gasteiger partial charge >= 0.3 is 0 Å². The molecule has 19 heavy (non-hydrogen) atoms. The monoisotopic (exact) mass is 280 g/mol. The lowest BCUT2D eigenvalue weighted by atomic mass is 10.2. The maximum Gasteiger partial charge on any atom is 0.128 e. The zero-order chi connectivity index (χ0) is 14.0. The van der Waals surface area contributed by atoms with Gasteiger partial charge in [-0.25, -0.2) is 4.98 Å². The third-order valence-corrected chi connectivity index (χ3v) is 3.43. The smallest absolute Gasteiger partial charge is 0.128 e. The molecular formula is C15H21ClN2O. The second kappa shape index (κ2) is 5.93. The van der Waals surface area contributed by atoms with Gasteiger partial charge in [0.15, 0.2) is 0 Å². The number of aromatic nitrogens is 2. The van der Waals surface area contributed by atoms with E-state index >= 15 is 0 Å². The number of alkyl halides is 1. The summed E-state index contributed by atoms with van der Waals surface area (Å²) in [5.74, 6) is 0.912. The second-order valence-electron chi connectivity index (χ2n) is 4.96. The topological polar surface area (TPSA) is 27.1 Å². The third-order valence-electron chi connectivity index (χ3n) is 3.23. The van der Waals surface area contributed by atoms with E-state index in [1.807, 2.05) is 13.8 Å². The van der Waals surface area contributed by atoms with E-state index in [2.05, 4.69) is 41.6 Å². The van der Waals surface area contributed by atoms with Gasteiger partial charge in [0, 0.05) is 6.61 Å². The highest BCUT2D eigenvalue weighted by Gasteiger charge is 2.19. The SMILES string of the molecule is CCOCC(C)n1c(C(C)Cl)nc2cc(C)ccc21. The van der Waals surface area contributed by atoms with Crippen molar-refractivity contribution < 1.29 is 4.74 Å². The van der Waals surface area contributed by atoms with Gasteiger partial charge in [0.1, 0.15) is 5.82 Å². The van der Waals surface area contributed by atoms with E-state index in [4.69, 9.17) is 16.3 Å². The fourth-order valence-electron chi connectivity index (χ4n) is 2.33. The van der Waals surface area contributed by atoms with Crippen LogP contribution >= 0.6 is 11.6 Å². The number of imidazole rings is 1. The summed E-state index contributed by atoms with van der Waals surface area (Å²) < 4.78 is 7.73. The highest BCUT2D eigenvalue weighted by Crippen LogP contribution is 2.28. The minimum absolute atomic E-state index is 0.114. The zero-order valence-corrected chi connectivity index (χ0v) is 12.7. The van der Waals surface area contributed by atoms with Crippen LogP contribution in [0.1, 0.15) is 43.6 Å². The molecule has 0 saturated heterocycles. The first-order valence-electron chi connectivity index (χ1n) is 6.74. The highest BCUT2D eigenvalue weighted by atomic mass is 35.5. The molecule has 0 amide bonds. The summed E-state index contributed by atoms with van der Waals surface area (Å²) in [5.41, 5.74) is 3.34. The van der Waals surface area contributed by atoms with Crippen LogP contribution in [0.3, 0.4) is 0 Å². The summed E-state index contributed by atoms with van der Waals surface area (Å²) >= 11 is 6.27. The number of benzene rings is 1. The molecular weight excluding hydrogens is 260 g/mol. The fraction of sp³-hybridized carbons (Fsp3) is 0.533. The minimum Gasteiger partial charge on any atom is -0.380 e. The Morgan fingerprint density at radius 3 is 2.74 bits per heavy atom. The third kappa shape index (κ3) is 2.93. The van der Waals surface area contributed by atoms with E-state index in [-0.39, 0.29) is 11.4 Å². The van der Waals surface area contributed by atoms with Gasteiger partial charge in [0.2, 0.25) is 0 Å². The number of nitrogens with zero attached hydrogens (tertiary/aromatic N) is 2. The van der Waals surface area contributed by atoms with Crippen molar-refractivity contribution in [1.82, 2.24) is 9.55 Å². The van der Waals surface area contributed by atoms with Gasteiger partial charge in [-0.2, -0.15) is 0 Å². The van der Waals surface area contributed by atoms with Crippen molar-refractivity contribution in [2.24, 2.45) is 0 Å². The van der Waals surface area contributed by atoms with Gasteiger partial charge in [-0.1, -0.05) is 6.07 Å². The van der Waals surface area contributed by atoms with Gasteiger partial charge in [0.05, 0.1) is 29.1 Å². The van der Waals surface area contributed by atoms with E-state index in [9.17, 15) is 0 Å². The van der Waals surface area contributed by atoms with Gasteiger partial charge in [-0.15, -0.1) is 11.6 Å². The molecule has 0 fully saturated rings. The van der Waals surface area contributed by atoms with Crippen LogP contribution in [0.25, 0.3) is 11.0 Å². The lowest BCUT2D eigenvalue weighted by Gasteiger charge is -2.18. The first kappa shape index (κ1) is 14.4. The zero-order valence-electron chi connectivity index (χ0n) is 12.0. The maximum absolute atomic E-state index is 6.27. The first-order valence-corrected chi connectivity index (χ1v) is 7.18. The maximum atomic E-state index is 6.27. The lowest BCUT2D eigenvalue weighted by molar-refractivity contribution is 0.119. The van der Waals surface area contributed by atoms with Gasteiger partial charge in [0.25, 0.3) is 0 Å². The molecule has 1 aromatic heterocycles. The Kier molecular flexibility index (Phi) is 4.48. The molecule has 0 bridgehead atoms. The van der Waals surface area contributed by atoms with Crippen LogP contribution in [0, 0.1) is 6.92 Å². The Morgan fingerprint density at radius 2 is 2.11 bits per heavy atom. The molecule has 2 atom stereocenters. The van der Waals surface area contributed by atoms with Crippen LogP contribution in [0.15, 0.2) is 18.2 Å². The number of ether oxygens (including phenoxy) is 1. The number of fused-ring (bicyclic) bond motifs is 1. The average Bonchev–Trinajstić information content (AvgIpc) is 2.74. The van der Waals surface area contributed by atoms with E-state index in [1.165, 1.54) is 5.56 Å². The Balaban J connectivity index is 2.51. The molecule has 4 heteroatoms. The predicted molar refractivity (Wildman–Crippen MR) is 79.9 cm³/mol. The average molecular weight is 281 g/mol. The van der Waals surface area contributed by atoms with E-state index in [0.29, 0.717) is 6.61 Å². The van der Waals surface area contributed by atoms with Gasteiger partial charge in [-0.05, 0) is 45.4 Å². The molecule has 0 N–H and O–H groups in total. The molecule has 0 aliphatic heterocycles. The van der Waals surface area contributed by atoms with Crippen molar-refractivity contribution in [2.75, 3.05) is 13.2 Å². The van der Waals surface area contributed by atoms with Gasteiger partial charge < -0.3 is 9.30 Å². The van der Waals surface area contributed by atoms with Gasteiger partial charge in [-0.3, -0.25) is 0 Å². The quantitative estimate of drug-likeness (QED) is 0.766. The molecule has 0 spiro atoms. The molecule has 104 valence electrons. The van der Waals surface area contributed by atoms with Crippen molar-refractivity contribution in [1.29, 1.82) is 0 Å². The predicted octanol–water partition coefficient (Wildman–Crippen LogP) is 4.24. The summed E-state index contributed by atoms with van der Waals surface area (Å²) in [4.78, 5) is 4.68. The number of rotatable bonds is 5. The molecule has 0 aliphatic rings. The van der Waals surface area contributed by atoms with Crippen molar-refractivity contribution in [3.8, 4) is 0 Å². The molecule has 2 rings (SSSR count). The molecule has 1 aromatic carbocycles.